The Morgan fingerprint density at radius 2 is 1.13 bits per heavy atom. The Morgan fingerprint density at radius 3 is 1.76 bits per heavy atom. The molecule has 0 amide bonds. The molecule has 0 unspecified atom stereocenters. The van der Waals surface area contributed by atoms with Crippen molar-refractivity contribution in [1.82, 2.24) is 0 Å². The zero-order valence-electron chi connectivity index (χ0n) is 28.6. The fourth-order valence-electron chi connectivity index (χ4n) is 8.59. The topological polar surface area (TPSA) is 0 Å². The third-order valence-electron chi connectivity index (χ3n) is 11.5. The summed E-state index contributed by atoms with van der Waals surface area (Å²) in [6.07, 6.45) is 23.0. The Labute approximate surface area is 277 Å². The van der Waals surface area contributed by atoms with Gasteiger partial charge in [0.05, 0.1) is 0 Å². The van der Waals surface area contributed by atoms with E-state index in [1.165, 1.54) is 83.5 Å². The van der Waals surface area contributed by atoms with Crippen molar-refractivity contribution in [2.75, 3.05) is 0 Å². The molecule has 250 valence electrons. The highest BCUT2D eigenvalue weighted by Gasteiger charge is 2.32. The molecule has 5 rings (SSSR count). The lowest BCUT2D eigenvalue weighted by molar-refractivity contribution is 0.156. The van der Waals surface area contributed by atoms with Gasteiger partial charge in [0.25, 0.3) is 0 Å². The Hall–Kier alpha value is -2.55. The molecule has 0 aromatic heterocycles. The van der Waals surface area contributed by atoms with Gasteiger partial charge in [-0.15, -0.1) is 0 Å². The quantitative estimate of drug-likeness (QED) is 0.147. The van der Waals surface area contributed by atoms with Crippen LogP contribution in [0.4, 0.5) is 13.2 Å². The number of hydrogen-bond donors (Lipinski definition) is 0. The first kappa shape index (κ1) is 34.8. The maximum absolute atomic E-state index is 15.5. The summed E-state index contributed by atoms with van der Waals surface area (Å²) in [5.41, 5.74) is 3.92. The molecule has 0 bridgehead atoms. The minimum Gasteiger partial charge on any atom is -0.207 e. The normalized spacial score (nSPS) is 21.8. The summed E-state index contributed by atoms with van der Waals surface area (Å²) in [5.74, 6) is 1.34. The first-order valence-electron chi connectivity index (χ1n) is 18.9. The lowest BCUT2D eigenvalue weighted by atomic mass is 9.68. The van der Waals surface area contributed by atoms with Crippen molar-refractivity contribution in [1.29, 1.82) is 0 Å². The molecule has 3 aromatic rings. The van der Waals surface area contributed by atoms with E-state index >= 15 is 8.78 Å². The number of rotatable bonds is 15. The zero-order valence-corrected chi connectivity index (χ0v) is 28.6. The van der Waals surface area contributed by atoms with E-state index in [9.17, 15) is 4.39 Å². The van der Waals surface area contributed by atoms with Crippen molar-refractivity contribution >= 4 is 0 Å². The van der Waals surface area contributed by atoms with Crippen LogP contribution in [0, 0.1) is 35.2 Å². The first-order valence-corrected chi connectivity index (χ1v) is 18.9. The van der Waals surface area contributed by atoms with Crippen LogP contribution in [0.3, 0.4) is 0 Å². The lowest BCUT2D eigenvalue weighted by Crippen LogP contribution is -2.25. The van der Waals surface area contributed by atoms with Crippen molar-refractivity contribution in [2.24, 2.45) is 17.8 Å². The summed E-state index contributed by atoms with van der Waals surface area (Å²) < 4.78 is 45.6. The van der Waals surface area contributed by atoms with Crippen LogP contribution >= 0.6 is 0 Å². The summed E-state index contributed by atoms with van der Waals surface area (Å²) >= 11 is 0. The molecule has 2 aliphatic rings. The lowest BCUT2D eigenvalue weighted by Gasteiger charge is -2.38. The highest BCUT2D eigenvalue weighted by Crippen LogP contribution is 2.45. The van der Waals surface area contributed by atoms with Crippen LogP contribution in [0.2, 0.25) is 0 Å². The number of unbranched alkanes of at least 4 members (excludes halogenated alkanes) is 7. The summed E-state index contributed by atoms with van der Waals surface area (Å²) in [6.45, 7) is 4.53. The average Bonchev–Trinajstić information content (AvgIpc) is 3.08. The smallest absolute Gasteiger partial charge is 0.166 e. The second-order valence-corrected chi connectivity index (χ2v) is 14.6. The molecular weight excluding hydrogens is 573 g/mol. The van der Waals surface area contributed by atoms with Crippen molar-refractivity contribution in [3.8, 4) is 22.3 Å². The van der Waals surface area contributed by atoms with Crippen LogP contribution in [-0.4, -0.2) is 0 Å². The van der Waals surface area contributed by atoms with Crippen LogP contribution in [-0.2, 0) is 6.42 Å². The molecule has 3 heteroatoms. The fraction of sp³-hybridized carbons (Fsp3) is 0.581. The molecule has 0 aliphatic heterocycles. The monoisotopic (exact) mass is 630 g/mol. The van der Waals surface area contributed by atoms with E-state index in [1.807, 2.05) is 36.4 Å². The summed E-state index contributed by atoms with van der Waals surface area (Å²) in [6, 6.07) is 16.5. The van der Waals surface area contributed by atoms with Gasteiger partial charge in [-0.05, 0) is 109 Å². The van der Waals surface area contributed by atoms with Gasteiger partial charge in [0.1, 0.15) is 5.82 Å². The molecule has 46 heavy (non-hydrogen) atoms. The van der Waals surface area contributed by atoms with Gasteiger partial charge in [-0.1, -0.05) is 133 Å². The van der Waals surface area contributed by atoms with E-state index in [2.05, 4.69) is 13.8 Å². The Balaban J connectivity index is 1.13. The largest absolute Gasteiger partial charge is 0.207 e. The molecule has 0 nitrogen and oxygen atoms in total. The second-order valence-electron chi connectivity index (χ2n) is 14.6. The van der Waals surface area contributed by atoms with Crippen molar-refractivity contribution in [3.05, 3.63) is 83.2 Å². The van der Waals surface area contributed by atoms with Crippen molar-refractivity contribution < 1.29 is 13.2 Å². The summed E-state index contributed by atoms with van der Waals surface area (Å²) in [5, 5.41) is 0. The number of aryl methyl sites for hydroxylation is 1. The molecule has 0 spiro atoms. The molecular formula is C43H57F3. The predicted octanol–water partition coefficient (Wildman–Crippen LogP) is 14.0. The highest BCUT2D eigenvalue weighted by atomic mass is 19.2. The van der Waals surface area contributed by atoms with E-state index in [-0.39, 0.29) is 11.4 Å². The third-order valence-corrected chi connectivity index (χ3v) is 11.5. The molecule has 2 aliphatic carbocycles. The number of hydrogen-bond acceptors (Lipinski definition) is 0. The summed E-state index contributed by atoms with van der Waals surface area (Å²) in [7, 11) is 0. The molecule has 0 saturated heterocycles. The van der Waals surface area contributed by atoms with Crippen LogP contribution in [0.15, 0.2) is 54.6 Å². The average molecular weight is 631 g/mol. The van der Waals surface area contributed by atoms with Crippen LogP contribution in [0.1, 0.15) is 146 Å². The van der Waals surface area contributed by atoms with Gasteiger partial charge in [0, 0.05) is 5.56 Å². The SMILES string of the molecule is CCCCCCCCCCc1ccc(-c2ccc(-c3ccc(C4CCC(C5CCC(CCC)CC5)CC4)c(F)c3)cc2)c(F)c1F. The zero-order chi connectivity index (χ0) is 32.3. The number of halogens is 3. The van der Waals surface area contributed by atoms with Gasteiger partial charge in [-0.3, -0.25) is 0 Å². The van der Waals surface area contributed by atoms with Crippen LogP contribution in [0.5, 0.6) is 0 Å². The minimum absolute atomic E-state index is 0.120. The van der Waals surface area contributed by atoms with Crippen LogP contribution in [0.25, 0.3) is 22.3 Å². The number of benzene rings is 3. The summed E-state index contributed by atoms with van der Waals surface area (Å²) in [4.78, 5) is 0. The van der Waals surface area contributed by atoms with E-state index in [1.54, 1.807) is 18.2 Å². The second kappa shape index (κ2) is 17.6. The van der Waals surface area contributed by atoms with Gasteiger partial charge >= 0.3 is 0 Å². The molecule has 0 atom stereocenters. The standard InChI is InChI=1S/C43H57F3/c1-3-5-6-7-8-9-10-11-13-37-26-29-40(43(46)42(37)45)36-24-20-34(21-25-36)38-27-28-39(41(44)30-38)35-22-18-33(19-23-35)32-16-14-31(12-4-2)15-17-32/h20-21,24-33,35H,3-19,22-23H2,1-2H3. The van der Waals surface area contributed by atoms with E-state index in [4.69, 9.17) is 0 Å². The molecule has 0 N–H and O–H groups in total. The maximum atomic E-state index is 15.5. The van der Waals surface area contributed by atoms with Crippen LogP contribution < -0.4 is 0 Å². The molecule has 2 saturated carbocycles. The highest BCUT2D eigenvalue weighted by molar-refractivity contribution is 5.71. The molecule has 2 fully saturated rings. The molecule has 0 heterocycles. The van der Waals surface area contributed by atoms with Gasteiger partial charge in [0.15, 0.2) is 11.6 Å². The minimum atomic E-state index is -0.779. The van der Waals surface area contributed by atoms with E-state index < -0.39 is 11.6 Å². The van der Waals surface area contributed by atoms with Crippen molar-refractivity contribution in [3.63, 3.8) is 0 Å². The first-order chi connectivity index (χ1) is 22.5. The van der Waals surface area contributed by atoms with Gasteiger partial charge in [-0.2, -0.15) is 0 Å². The third kappa shape index (κ3) is 9.07. The van der Waals surface area contributed by atoms with Crippen molar-refractivity contribution in [2.45, 2.75) is 142 Å². The Morgan fingerprint density at radius 1 is 0.543 bits per heavy atom. The molecule has 0 radical (unpaired) electrons. The molecule has 3 aromatic carbocycles. The Bertz CT molecular complexity index is 1340. The Kier molecular flexibility index (Phi) is 13.3. The van der Waals surface area contributed by atoms with E-state index in [0.29, 0.717) is 23.5 Å². The van der Waals surface area contributed by atoms with Gasteiger partial charge in [-0.25, -0.2) is 13.2 Å². The fourth-order valence-corrected chi connectivity index (χ4v) is 8.59. The predicted molar refractivity (Wildman–Crippen MR) is 189 cm³/mol. The van der Waals surface area contributed by atoms with Gasteiger partial charge in [0.2, 0.25) is 0 Å². The van der Waals surface area contributed by atoms with E-state index in [0.717, 1.165) is 66.5 Å². The van der Waals surface area contributed by atoms with Gasteiger partial charge < -0.3 is 0 Å². The maximum Gasteiger partial charge on any atom is 0.166 e.